The molecule has 23 nitrogen and oxygen atoms in total. The molecular formula is C92H92O23. The predicted molar refractivity (Wildman–Crippen MR) is 427 cm³/mol. The van der Waals surface area contributed by atoms with E-state index < -0.39 is 53.7 Å². The van der Waals surface area contributed by atoms with Crippen LogP contribution in [0.3, 0.4) is 0 Å². The molecule has 598 valence electrons. The molecule has 0 N–H and O–H groups in total. The normalized spacial score (nSPS) is 10.5. The number of unbranched alkanes of at least 4 members (excludes halogenated alkanes) is 12. The number of benzene rings is 8. The van der Waals surface area contributed by atoms with Crippen molar-refractivity contribution in [3.63, 3.8) is 0 Å². The quantitative estimate of drug-likeness (QED) is 0.00855. The van der Waals surface area contributed by atoms with Crippen molar-refractivity contribution in [1.29, 1.82) is 0 Å². The summed E-state index contributed by atoms with van der Waals surface area (Å²) in [5.41, 5.74) is 1.83. The van der Waals surface area contributed by atoms with Crippen LogP contribution < -0.4 is 47.4 Å². The maximum atomic E-state index is 14.4. The van der Waals surface area contributed by atoms with Gasteiger partial charge in [0.1, 0.15) is 69.7 Å². The molecule has 0 aliphatic rings. The summed E-state index contributed by atoms with van der Waals surface area (Å²) in [5.74, 6) is 3.09. The van der Waals surface area contributed by atoms with Crippen molar-refractivity contribution in [3.05, 3.63) is 277 Å². The fraction of sp³-hybridized carbons (Fsp3) is 0.272. The van der Waals surface area contributed by atoms with Gasteiger partial charge >= 0.3 is 53.7 Å². The zero-order valence-electron chi connectivity index (χ0n) is 64.0. The third-order valence-corrected chi connectivity index (χ3v) is 16.9. The Bertz CT molecular complexity index is 4640. The van der Waals surface area contributed by atoms with Crippen LogP contribution in [0.5, 0.6) is 57.5 Å². The summed E-state index contributed by atoms with van der Waals surface area (Å²) in [4.78, 5) is 114. The van der Waals surface area contributed by atoms with Crippen molar-refractivity contribution in [2.75, 3.05) is 52.9 Å². The Balaban J connectivity index is 0.925. The van der Waals surface area contributed by atoms with Gasteiger partial charge in [-0.05, 0) is 273 Å². The summed E-state index contributed by atoms with van der Waals surface area (Å²) in [6.07, 6.45) is 17.2. The van der Waals surface area contributed by atoms with E-state index in [1.165, 1.54) is 72.8 Å². The number of ether oxygens (including phenoxy) is 14. The second-order valence-corrected chi connectivity index (χ2v) is 25.6. The van der Waals surface area contributed by atoms with Crippen LogP contribution >= 0.6 is 0 Å². The maximum absolute atomic E-state index is 14.4. The van der Waals surface area contributed by atoms with Crippen LogP contribution in [-0.2, 0) is 44.7 Å². The molecule has 0 aromatic heterocycles. The summed E-state index contributed by atoms with van der Waals surface area (Å²) >= 11 is 0. The molecule has 0 saturated carbocycles. The first-order chi connectivity index (χ1) is 56.0. The van der Waals surface area contributed by atoms with Crippen molar-refractivity contribution in [3.8, 4) is 69.3 Å². The first-order valence-electron chi connectivity index (χ1n) is 37.9. The standard InChI is InChI=1S/C92H92O23/c1-5-84(93)106-57-21-13-9-17-53-102-73-41-33-68(34-42-73)88(97)111-79-49-51-82(114-90(99)70-37-45-75(46-38-70)104-55-19-11-15-23-59-108-86(95)7-3)72(63-79)65-110-77-29-25-27-66(61-77)31-32-67-28-26-30-78(62-67)113-92(101)81-64-80(112-89(98)69-35-43-74(44-36-69)103-54-18-10-14-22-58-107-85(94)6-2)50-52-83(81)115-91(100)71-39-47-76(48-40-71)105-56-20-12-16-24-60-109-87(96)8-4/h5-8,25-30,33-52,61-64H,1-4,9-24,53-60,65H2. The minimum atomic E-state index is -0.974. The van der Waals surface area contributed by atoms with Gasteiger partial charge in [-0.2, -0.15) is 0 Å². The zero-order valence-corrected chi connectivity index (χ0v) is 64.0. The van der Waals surface area contributed by atoms with Crippen LogP contribution in [0.2, 0.25) is 0 Å². The highest BCUT2D eigenvalue weighted by molar-refractivity contribution is 5.98. The smallest absolute Gasteiger partial charge is 0.347 e. The van der Waals surface area contributed by atoms with Gasteiger partial charge in [0.05, 0.1) is 75.1 Å². The summed E-state index contributed by atoms with van der Waals surface area (Å²) < 4.78 is 79.3. The first kappa shape index (κ1) is 87.1. The zero-order chi connectivity index (χ0) is 81.6. The first-order valence-corrected chi connectivity index (χ1v) is 37.9. The lowest BCUT2D eigenvalue weighted by Gasteiger charge is -2.14. The van der Waals surface area contributed by atoms with Crippen molar-refractivity contribution in [1.82, 2.24) is 0 Å². The summed E-state index contributed by atoms with van der Waals surface area (Å²) in [6.45, 7) is 16.4. The fourth-order valence-corrected chi connectivity index (χ4v) is 10.7. The van der Waals surface area contributed by atoms with Gasteiger partial charge < -0.3 is 66.3 Å². The highest BCUT2D eigenvalue weighted by atomic mass is 16.6. The lowest BCUT2D eigenvalue weighted by Crippen LogP contribution is -2.15. The number of esters is 9. The van der Waals surface area contributed by atoms with Gasteiger partial charge in [-0.25, -0.2) is 43.2 Å². The summed E-state index contributed by atoms with van der Waals surface area (Å²) in [5, 5.41) is 0. The van der Waals surface area contributed by atoms with Crippen LogP contribution in [0.25, 0.3) is 0 Å². The van der Waals surface area contributed by atoms with Crippen molar-refractivity contribution < 1.29 is 109 Å². The molecular weight excluding hydrogens is 1470 g/mol. The van der Waals surface area contributed by atoms with E-state index in [1.54, 1.807) is 109 Å². The van der Waals surface area contributed by atoms with Crippen molar-refractivity contribution in [2.45, 2.75) is 109 Å². The SMILES string of the molecule is C=CC(=O)OCCCCCCOc1ccc(C(=O)Oc2ccc(OC(=O)c3ccc(OCCCCCCOC(=O)C=C)cc3)c(COc3cccc(C#Cc4cccc(OC(=O)c5cc(OC(=O)c6ccc(OCCCCCCOC(=O)C=C)cc6)ccc5OC(=O)c5ccc(OCCCCCCOC(=O)C=C)cc5)c4)c3)c2)cc1. The van der Waals surface area contributed by atoms with Crippen molar-refractivity contribution in [2.24, 2.45) is 0 Å². The van der Waals surface area contributed by atoms with Crippen LogP contribution in [-0.4, -0.2) is 107 Å². The highest BCUT2D eigenvalue weighted by Crippen LogP contribution is 2.32. The molecule has 8 aromatic carbocycles. The van der Waals surface area contributed by atoms with Gasteiger partial charge in [0.15, 0.2) is 0 Å². The molecule has 115 heavy (non-hydrogen) atoms. The third kappa shape index (κ3) is 32.0. The number of hydrogen-bond donors (Lipinski definition) is 0. The molecule has 0 aliphatic carbocycles. The Kier molecular flexibility index (Phi) is 37.1. The lowest BCUT2D eigenvalue weighted by molar-refractivity contribution is -0.138. The third-order valence-electron chi connectivity index (χ3n) is 16.9. The maximum Gasteiger partial charge on any atom is 0.347 e. The fourth-order valence-electron chi connectivity index (χ4n) is 10.7. The summed E-state index contributed by atoms with van der Waals surface area (Å²) in [6, 6.07) is 47.4. The number of rotatable bonds is 49. The average Bonchev–Trinajstić information content (AvgIpc) is 0.820. The van der Waals surface area contributed by atoms with Crippen molar-refractivity contribution >= 4 is 53.7 Å². The monoisotopic (exact) mass is 1560 g/mol. The molecule has 0 radical (unpaired) electrons. The van der Waals surface area contributed by atoms with E-state index in [2.05, 4.69) is 38.2 Å². The molecule has 23 heteroatoms. The minimum absolute atomic E-state index is 0.0641. The number of carbonyl (C=O) groups excluding carboxylic acids is 9. The summed E-state index contributed by atoms with van der Waals surface area (Å²) in [7, 11) is 0. The van der Waals surface area contributed by atoms with E-state index >= 15 is 0 Å². The Hall–Kier alpha value is -13.5. The molecule has 0 fully saturated rings. The molecule has 0 bridgehead atoms. The largest absolute Gasteiger partial charge is 0.494 e. The minimum Gasteiger partial charge on any atom is -0.494 e. The Morgan fingerprint density at radius 3 is 0.913 bits per heavy atom. The van der Waals surface area contributed by atoms with E-state index in [0.29, 0.717) is 111 Å². The predicted octanol–water partition coefficient (Wildman–Crippen LogP) is 17.4. The van der Waals surface area contributed by atoms with Gasteiger partial charge in [0.25, 0.3) is 0 Å². The van der Waals surface area contributed by atoms with Gasteiger partial charge in [-0.15, -0.1) is 0 Å². The number of carbonyl (C=O) groups is 9. The van der Waals surface area contributed by atoms with E-state index in [1.807, 2.05) is 0 Å². The van der Waals surface area contributed by atoms with Crippen LogP contribution in [0, 0.1) is 11.8 Å². The van der Waals surface area contributed by atoms with E-state index in [0.717, 1.165) is 114 Å². The molecule has 0 saturated heterocycles. The second kappa shape index (κ2) is 49.0. The highest BCUT2D eigenvalue weighted by Gasteiger charge is 2.23. The number of hydrogen-bond acceptors (Lipinski definition) is 23. The molecule has 8 aromatic rings. The molecule has 0 amide bonds. The van der Waals surface area contributed by atoms with E-state index in [4.69, 9.17) is 66.3 Å². The van der Waals surface area contributed by atoms with Gasteiger partial charge in [-0.1, -0.05) is 50.3 Å². The van der Waals surface area contributed by atoms with Gasteiger partial charge in [0, 0.05) is 41.0 Å². The topological polar surface area (TPSA) is 283 Å². The molecule has 0 unspecified atom stereocenters. The van der Waals surface area contributed by atoms with E-state index in [-0.39, 0.29) is 63.2 Å². The Morgan fingerprint density at radius 2 is 0.548 bits per heavy atom. The average molecular weight is 1570 g/mol. The molecule has 8 rings (SSSR count). The van der Waals surface area contributed by atoms with E-state index in [9.17, 15) is 43.2 Å². The lowest BCUT2D eigenvalue weighted by atomic mass is 10.1. The molecule has 0 atom stereocenters. The molecule has 0 spiro atoms. The van der Waals surface area contributed by atoms with Crippen LogP contribution in [0.15, 0.2) is 233 Å². The van der Waals surface area contributed by atoms with Gasteiger partial charge in [0.2, 0.25) is 0 Å². The molecule has 0 heterocycles. The van der Waals surface area contributed by atoms with Crippen LogP contribution in [0.1, 0.15) is 171 Å². The molecule has 0 aliphatic heterocycles. The Morgan fingerprint density at radius 1 is 0.261 bits per heavy atom. The second-order valence-electron chi connectivity index (χ2n) is 25.6. The van der Waals surface area contributed by atoms with Gasteiger partial charge in [-0.3, -0.25) is 0 Å². The van der Waals surface area contributed by atoms with Crippen LogP contribution in [0.4, 0.5) is 0 Å². The Labute approximate surface area is 668 Å².